The van der Waals surface area contributed by atoms with Crippen molar-refractivity contribution in [2.24, 2.45) is 10.9 Å². The van der Waals surface area contributed by atoms with Crippen LogP contribution in [0.4, 0.5) is 0 Å². The lowest BCUT2D eigenvalue weighted by Gasteiger charge is -2.25. The van der Waals surface area contributed by atoms with Crippen LogP contribution in [0.1, 0.15) is 44.1 Å². The van der Waals surface area contributed by atoms with Crippen LogP contribution in [0.15, 0.2) is 29.3 Å². The molecule has 0 amide bonds. The van der Waals surface area contributed by atoms with E-state index in [-0.39, 0.29) is 36.3 Å². The Balaban J connectivity index is 0.00000320. The molecule has 9 heteroatoms. The second-order valence-electron chi connectivity index (χ2n) is 7.90. The fourth-order valence-corrected chi connectivity index (χ4v) is 4.78. The molecule has 2 fully saturated rings. The minimum absolute atomic E-state index is 0. The van der Waals surface area contributed by atoms with E-state index in [0.29, 0.717) is 18.4 Å². The zero-order chi connectivity index (χ0) is 20.7. The molecule has 0 radical (unpaired) electrons. The molecule has 1 unspecified atom stereocenters. The van der Waals surface area contributed by atoms with Crippen molar-refractivity contribution >= 4 is 40.0 Å². The number of halogens is 1. The average molecular weight is 551 g/mol. The summed E-state index contributed by atoms with van der Waals surface area (Å²) in [5, 5.41) is 3.31. The van der Waals surface area contributed by atoms with Gasteiger partial charge in [0.1, 0.15) is 5.75 Å². The smallest absolute Gasteiger partial charge is 0.213 e. The molecule has 0 aromatic heterocycles. The minimum Gasteiger partial charge on any atom is -0.497 e. The highest BCUT2D eigenvalue weighted by Gasteiger charge is 2.26. The minimum atomic E-state index is -3.26. The van der Waals surface area contributed by atoms with Gasteiger partial charge in [-0.15, -0.1) is 24.0 Å². The van der Waals surface area contributed by atoms with Crippen molar-refractivity contribution in [2.75, 3.05) is 45.6 Å². The van der Waals surface area contributed by atoms with Crippen LogP contribution in [0.2, 0.25) is 0 Å². The zero-order valence-electron chi connectivity index (χ0n) is 18.0. The summed E-state index contributed by atoms with van der Waals surface area (Å²) >= 11 is 0. The largest absolute Gasteiger partial charge is 0.497 e. The Morgan fingerprint density at radius 2 is 1.97 bits per heavy atom. The van der Waals surface area contributed by atoms with Crippen molar-refractivity contribution in [3.63, 3.8) is 0 Å². The summed E-state index contributed by atoms with van der Waals surface area (Å²) < 4.78 is 32.4. The van der Waals surface area contributed by atoms with E-state index in [1.165, 1.54) is 12.0 Å². The Labute approximate surface area is 198 Å². The third kappa shape index (κ3) is 7.26. The summed E-state index contributed by atoms with van der Waals surface area (Å²) in [7, 11) is -1.59. The first-order chi connectivity index (χ1) is 14.0. The van der Waals surface area contributed by atoms with Gasteiger partial charge in [0.25, 0.3) is 0 Å². The van der Waals surface area contributed by atoms with Crippen LogP contribution in [-0.4, -0.2) is 64.9 Å². The van der Waals surface area contributed by atoms with E-state index in [0.717, 1.165) is 50.6 Å². The maximum atomic E-state index is 12.2. The van der Waals surface area contributed by atoms with Gasteiger partial charge < -0.3 is 15.0 Å². The van der Waals surface area contributed by atoms with Crippen LogP contribution in [0.3, 0.4) is 0 Å². The lowest BCUT2D eigenvalue weighted by Crippen LogP contribution is -2.40. The van der Waals surface area contributed by atoms with Gasteiger partial charge in [0.05, 0.1) is 19.4 Å². The number of hydrogen-bond acceptors (Lipinski definition) is 4. The Bertz CT molecular complexity index is 782. The van der Waals surface area contributed by atoms with Crippen molar-refractivity contribution < 1.29 is 13.2 Å². The van der Waals surface area contributed by atoms with E-state index in [9.17, 15) is 8.42 Å². The van der Waals surface area contributed by atoms with Gasteiger partial charge in [-0.2, -0.15) is 0 Å². The van der Waals surface area contributed by atoms with Gasteiger partial charge in [0, 0.05) is 32.1 Å². The summed E-state index contributed by atoms with van der Waals surface area (Å²) in [4.78, 5) is 6.82. The first-order valence-corrected chi connectivity index (χ1v) is 12.3. The quantitative estimate of drug-likeness (QED) is 0.281. The summed E-state index contributed by atoms with van der Waals surface area (Å²) in [6.07, 6.45) is 4.54. The molecular weight excluding hydrogens is 515 g/mol. The standard InChI is InChI=1S/C21H34N4O3S.HI/c1-3-22-21(23-12-14-29(26,27)24-15-17-5-4-6-17)25-13-11-19(16-25)18-7-9-20(28-2)10-8-18;/h7-10,17,19,24H,3-6,11-16H2,1-2H3,(H,22,23);1H. The monoisotopic (exact) mass is 550 g/mol. The van der Waals surface area contributed by atoms with Gasteiger partial charge in [0.2, 0.25) is 10.0 Å². The highest BCUT2D eigenvalue weighted by molar-refractivity contribution is 14.0. The molecule has 3 rings (SSSR count). The van der Waals surface area contributed by atoms with Crippen LogP contribution in [0.25, 0.3) is 0 Å². The fourth-order valence-electron chi connectivity index (χ4n) is 3.81. The maximum absolute atomic E-state index is 12.2. The van der Waals surface area contributed by atoms with E-state index < -0.39 is 10.0 Å². The molecule has 1 saturated carbocycles. The molecule has 7 nitrogen and oxygen atoms in total. The van der Waals surface area contributed by atoms with Crippen LogP contribution in [0.5, 0.6) is 5.75 Å². The van der Waals surface area contributed by atoms with Crippen molar-refractivity contribution in [2.45, 2.75) is 38.5 Å². The zero-order valence-corrected chi connectivity index (χ0v) is 21.1. The molecule has 0 spiro atoms. The van der Waals surface area contributed by atoms with Gasteiger partial charge in [-0.25, -0.2) is 13.1 Å². The number of aliphatic imine (C=N–C) groups is 1. The molecule has 1 aromatic carbocycles. The Morgan fingerprint density at radius 3 is 2.57 bits per heavy atom. The SMILES string of the molecule is CCNC(=NCCS(=O)(=O)NCC1CCC1)N1CCC(c2ccc(OC)cc2)C1.I. The highest BCUT2D eigenvalue weighted by atomic mass is 127. The molecule has 30 heavy (non-hydrogen) atoms. The van der Waals surface area contributed by atoms with Gasteiger partial charge in [-0.05, 0) is 49.8 Å². The summed E-state index contributed by atoms with van der Waals surface area (Å²) in [6, 6.07) is 8.24. The number of hydrogen-bond donors (Lipinski definition) is 2. The molecule has 2 aliphatic rings. The average Bonchev–Trinajstić information content (AvgIpc) is 3.16. The molecule has 1 atom stereocenters. The van der Waals surface area contributed by atoms with E-state index in [1.807, 2.05) is 19.1 Å². The van der Waals surface area contributed by atoms with Gasteiger partial charge in [0.15, 0.2) is 5.96 Å². The van der Waals surface area contributed by atoms with Crippen LogP contribution in [-0.2, 0) is 10.0 Å². The van der Waals surface area contributed by atoms with Crippen LogP contribution >= 0.6 is 24.0 Å². The second kappa shape index (κ2) is 12.1. The van der Waals surface area contributed by atoms with Gasteiger partial charge in [-0.3, -0.25) is 4.99 Å². The summed E-state index contributed by atoms with van der Waals surface area (Å²) in [5.41, 5.74) is 1.30. The summed E-state index contributed by atoms with van der Waals surface area (Å²) in [6.45, 7) is 5.42. The predicted octanol–water partition coefficient (Wildman–Crippen LogP) is 2.79. The number of sulfonamides is 1. The molecule has 1 aliphatic carbocycles. The topological polar surface area (TPSA) is 83.0 Å². The third-order valence-electron chi connectivity index (χ3n) is 5.85. The Hall–Kier alpha value is -1.07. The fraction of sp³-hybridized carbons (Fsp3) is 0.667. The van der Waals surface area contributed by atoms with Gasteiger partial charge in [-0.1, -0.05) is 18.6 Å². The number of rotatable bonds is 9. The number of nitrogens with zero attached hydrogens (tertiary/aromatic N) is 2. The summed E-state index contributed by atoms with van der Waals surface area (Å²) in [5.74, 6) is 2.66. The molecule has 1 heterocycles. The van der Waals surface area contributed by atoms with E-state index >= 15 is 0 Å². The lowest BCUT2D eigenvalue weighted by atomic mass is 9.86. The van der Waals surface area contributed by atoms with Crippen LogP contribution in [0, 0.1) is 5.92 Å². The second-order valence-corrected chi connectivity index (χ2v) is 9.83. The first-order valence-electron chi connectivity index (χ1n) is 10.6. The van der Waals surface area contributed by atoms with Crippen LogP contribution < -0.4 is 14.8 Å². The first kappa shape index (κ1) is 25.2. The number of ether oxygens (including phenoxy) is 1. The molecule has 170 valence electrons. The third-order valence-corrected chi connectivity index (χ3v) is 7.17. The molecule has 2 N–H and O–H groups in total. The van der Waals surface area contributed by atoms with Crippen molar-refractivity contribution in [1.29, 1.82) is 0 Å². The molecule has 1 aliphatic heterocycles. The highest BCUT2D eigenvalue weighted by Crippen LogP contribution is 2.28. The van der Waals surface area contributed by atoms with E-state index in [1.54, 1.807) is 7.11 Å². The number of guanidine groups is 1. The van der Waals surface area contributed by atoms with Crippen molar-refractivity contribution in [3.05, 3.63) is 29.8 Å². The maximum Gasteiger partial charge on any atom is 0.213 e. The van der Waals surface area contributed by atoms with E-state index in [2.05, 4.69) is 32.1 Å². The molecule has 1 saturated heterocycles. The lowest BCUT2D eigenvalue weighted by molar-refractivity contribution is 0.316. The Kier molecular flexibility index (Phi) is 10.2. The molecule has 1 aromatic rings. The molecular formula is C21H35IN4O3S. The van der Waals surface area contributed by atoms with E-state index in [4.69, 9.17) is 4.74 Å². The normalized spacial score (nSPS) is 19.9. The number of methoxy groups -OCH3 is 1. The molecule has 0 bridgehead atoms. The number of nitrogens with one attached hydrogen (secondary N) is 2. The number of likely N-dealkylation sites (tertiary alicyclic amines) is 1. The van der Waals surface area contributed by atoms with Crippen molar-refractivity contribution in [1.82, 2.24) is 14.9 Å². The number of benzene rings is 1. The van der Waals surface area contributed by atoms with Crippen molar-refractivity contribution in [3.8, 4) is 5.75 Å². The van der Waals surface area contributed by atoms with Gasteiger partial charge >= 0.3 is 0 Å². The Morgan fingerprint density at radius 1 is 1.23 bits per heavy atom. The predicted molar refractivity (Wildman–Crippen MR) is 132 cm³/mol.